The van der Waals surface area contributed by atoms with Crippen LogP contribution in [-0.4, -0.2) is 19.3 Å². The average molecular weight is 167 g/mol. The molecule has 0 fully saturated rings. The Morgan fingerprint density at radius 2 is 2.08 bits per heavy atom. The van der Waals surface area contributed by atoms with E-state index in [1.165, 1.54) is 7.11 Å². The first-order chi connectivity index (χ1) is 5.79. The second-order valence-corrected chi connectivity index (χ2v) is 2.23. The number of para-hydroxylation sites is 1. The van der Waals surface area contributed by atoms with Crippen molar-refractivity contribution in [3.8, 4) is 5.75 Å². The zero-order valence-corrected chi connectivity index (χ0v) is 6.73. The molecule has 0 saturated carbocycles. The molecule has 0 saturated heterocycles. The van der Waals surface area contributed by atoms with Gasteiger partial charge in [0.15, 0.2) is 0 Å². The van der Waals surface area contributed by atoms with E-state index in [9.17, 15) is 5.02 Å². The van der Waals surface area contributed by atoms with Crippen molar-refractivity contribution in [2.45, 2.75) is 0 Å². The van der Waals surface area contributed by atoms with Gasteiger partial charge in [0.1, 0.15) is 5.75 Å². The van der Waals surface area contributed by atoms with Gasteiger partial charge in [0.2, 0.25) is 0 Å². The van der Waals surface area contributed by atoms with Crippen LogP contribution >= 0.6 is 0 Å². The predicted octanol–water partition coefficient (Wildman–Crippen LogP) is -0.727. The van der Waals surface area contributed by atoms with Crippen LogP contribution in [-0.2, 0) is 4.76 Å². The minimum Gasteiger partial charge on any atom is -0.497 e. The Morgan fingerprint density at radius 3 is 2.67 bits per heavy atom. The summed E-state index contributed by atoms with van der Waals surface area (Å²) in [5, 5.41) is 9.21. The maximum Gasteiger partial charge on any atom is 0.512 e. The highest BCUT2D eigenvalue weighted by Crippen LogP contribution is 2.05. The van der Waals surface area contributed by atoms with E-state index in [1.807, 2.05) is 0 Å². The second kappa shape index (κ2) is 4.11. The molecule has 3 N–H and O–H groups in total. The minimum absolute atomic E-state index is 0.516. The monoisotopic (exact) mass is 167 g/mol. The van der Waals surface area contributed by atoms with Crippen LogP contribution in [0.5, 0.6) is 5.75 Å². The van der Waals surface area contributed by atoms with Crippen molar-refractivity contribution in [3.05, 3.63) is 24.3 Å². The fourth-order valence-corrected chi connectivity index (χ4v) is 0.944. The molecule has 0 aliphatic carbocycles. The van der Waals surface area contributed by atoms with E-state index in [0.29, 0.717) is 11.2 Å². The topological polar surface area (TPSA) is 64.7 Å². The minimum atomic E-state index is -1.14. The van der Waals surface area contributed by atoms with Gasteiger partial charge in [0.25, 0.3) is 0 Å². The lowest BCUT2D eigenvalue weighted by molar-refractivity contribution is 0.279. The molecule has 4 nitrogen and oxygen atoms in total. The van der Waals surface area contributed by atoms with Gasteiger partial charge in [-0.2, -0.15) is 0 Å². The van der Waals surface area contributed by atoms with Crippen LogP contribution < -0.4 is 16.1 Å². The standard InChI is InChI=1S/C7H10BNO3/c1-11-7-5-3-2-4-6(7)8(10)12-9/h2-5,10H,9H2,1H3. The SMILES string of the molecule is COc1ccccc1B(O)ON. The molecule has 0 amide bonds. The van der Waals surface area contributed by atoms with Crippen molar-refractivity contribution in [1.82, 2.24) is 0 Å². The quantitative estimate of drug-likeness (QED) is 0.460. The predicted molar refractivity (Wildman–Crippen MR) is 45.9 cm³/mol. The summed E-state index contributed by atoms with van der Waals surface area (Å²) in [6, 6.07) is 6.96. The van der Waals surface area contributed by atoms with Crippen molar-refractivity contribution in [1.29, 1.82) is 0 Å². The Labute approximate surface area is 71.0 Å². The van der Waals surface area contributed by atoms with Crippen molar-refractivity contribution in [2.24, 2.45) is 5.90 Å². The van der Waals surface area contributed by atoms with Gasteiger partial charge in [0.05, 0.1) is 7.11 Å². The average Bonchev–Trinajstić information content (AvgIpc) is 2.16. The molecular formula is C7H10BNO3. The van der Waals surface area contributed by atoms with Gasteiger partial charge in [0, 0.05) is 5.46 Å². The molecular weight excluding hydrogens is 157 g/mol. The fourth-order valence-electron chi connectivity index (χ4n) is 0.944. The second-order valence-electron chi connectivity index (χ2n) is 2.23. The Bertz CT molecular complexity index is 256. The zero-order chi connectivity index (χ0) is 8.97. The molecule has 0 unspecified atom stereocenters. The van der Waals surface area contributed by atoms with Crippen LogP contribution in [0.15, 0.2) is 24.3 Å². The normalized spacial score (nSPS) is 9.58. The van der Waals surface area contributed by atoms with Crippen LogP contribution in [0.25, 0.3) is 0 Å². The highest BCUT2D eigenvalue weighted by atomic mass is 16.6. The lowest BCUT2D eigenvalue weighted by Crippen LogP contribution is -2.36. The number of benzene rings is 1. The van der Waals surface area contributed by atoms with Crippen LogP contribution in [0.3, 0.4) is 0 Å². The maximum absolute atomic E-state index is 9.21. The van der Waals surface area contributed by atoms with E-state index in [1.54, 1.807) is 24.3 Å². The number of methoxy groups -OCH3 is 1. The lowest BCUT2D eigenvalue weighted by atomic mass is 9.79. The molecule has 0 aliphatic heterocycles. The van der Waals surface area contributed by atoms with Crippen LogP contribution in [0.4, 0.5) is 0 Å². The van der Waals surface area contributed by atoms with Gasteiger partial charge in [-0.15, -0.1) is 0 Å². The summed E-state index contributed by atoms with van der Waals surface area (Å²) in [5.74, 6) is 5.37. The van der Waals surface area contributed by atoms with E-state index in [0.717, 1.165) is 0 Å². The summed E-state index contributed by atoms with van der Waals surface area (Å²) in [4.78, 5) is 0. The van der Waals surface area contributed by atoms with Gasteiger partial charge >= 0.3 is 7.12 Å². The van der Waals surface area contributed by atoms with Gasteiger partial charge in [-0.05, 0) is 6.07 Å². The summed E-state index contributed by atoms with van der Waals surface area (Å²) < 4.78 is 9.23. The number of rotatable bonds is 3. The molecule has 1 rings (SSSR count). The molecule has 0 aliphatic rings. The molecule has 0 spiro atoms. The number of hydrogen-bond acceptors (Lipinski definition) is 4. The molecule has 64 valence electrons. The summed E-state index contributed by atoms with van der Waals surface area (Å²) in [7, 11) is 0.378. The van der Waals surface area contributed by atoms with E-state index in [-0.39, 0.29) is 0 Å². The number of nitrogens with two attached hydrogens (primary N) is 1. The first kappa shape index (κ1) is 9.06. The first-order valence-electron chi connectivity index (χ1n) is 3.46. The summed E-state index contributed by atoms with van der Waals surface area (Å²) in [6.07, 6.45) is 0. The van der Waals surface area contributed by atoms with Gasteiger partial charge in [-0.25, -0.2) is 5.90 Å². The number of hydrogen-bond donors (Lipinski definition) is 2. The third-order valence-corrected chi connectivity index (χ3v) is 1.53. The van der Waals surface area contributed by atoms with Gasteiger partial charge < -0.3 is 14.5 Å². The molecule has 0 heterocycles. The van der Waals surface area contributed by atoms with E-state index < -0.39 is 7.12 Å². The van der Waals surface area contributed by atoms with Crippen LogP contribution in [0.2, 0.25) is 0 Å². The molecule has 1 aromatic rings. The van der Waals surface area contributed by atoms with E-state index in [4.69, 9.17) is 10.6 Å². The van der Waals surface area contributed by atoms with Crippen molar-refractivity contribution in [3.63, 3.8) is 0 Å². The van der Waals surface area contributed by atoms with Crippen molar-refractivity contribution in [2.75, 3.05) is 7.11 Å². The highest BCUT2D eigenvalue weighted by molar-refractivity contribution is 6.60. The van der Waals surface area contributed by atoms with Crippen LogP contribution in [0, 0.1) is 0 Å². The fraction of sp³-hybridized carbons (Fsp3) is 0.143. The first-order valence-corrected chi connectivity index (χ1v) is 3.46. The molecule has 5 heteroatoms. The molecule has 0 bridgehead atoms. The van der Waals surface area contributed by atoms with E-state index >= 15 is 0 Å². The molecule has 0 aromatic heterocycles. The maximum atomic E-state index is 9.21. The molecule has 1 aromatic carbocycles. The van der Waals surface area contributed by atoms with Gasteiger partial charge in [-0.1, -0.05) is 18.2 Å². The van der Waals surface area contributed by atoms with Crippen molar-refractivity contribution < 1.29 is 14.5 Å². The molecule has 0 radical (unpaired) electrons. The summed E-state index contributed by atoms with van der Waals surface area (Å²) in [6.45, 7) is 0. The Balaban J connectivity index is 2.96. The molecule has 12 heavy (non-hydrogen) atoms. The molecule has 0 atom stereocenters. The smallest absolute Gasteiger partial charge is 0.497 e. The van der Waals surface area contributed by atoms with Gasteiger partial charge in [-0.3, -0.25) is 0 Å². The highest BCUT2D eigenvalue weighted by Gasteiger charge is 2.19. The Morgan fingerprint density at radius 1 is 1.42 bits per heavy atom. The summed E-state index contributed by atoms with van der Waals surface area (Å²) >= 11 is 0. The Kier molecular flexibility index (Phi) is 3.10. The van der Waals surface area contributed by atoms with Crippen molar-refractivity contribution >= 4 is 12.6 Å². The van der Waals surface area contributed by atoms with E-state index in [2.05, 4.69) is 4.76 Å². The van der Waals surface area contributed by atoms with Crippen LogP contribution in [0.1, 0.15) is 0 Å². The summed E-state index contributed by atoms with van der Waals surface area (Å²) in [5.41, 5.74) is 0.516. The zero-order valence-electron chi connectivity index (χ0n) is 6.73. The number of ether oxygens (including phenoxy) is 1. The third kappa shape index (κ3) is 1.76. The Hall–Kier alpha value is -1.04. The lowest BCUT2D eigenvalue weighted by Gasteiger charge is -2.08. The third-order valence-electron chi connectivity index (χ3n) is 1.53. The largest absolute Gasteiger partial charge is 0.512 e.